The van der Waals surface area contributed by atoms with Gasteiger partial charge in [0.2, 0.25) is 0 Å². The average Bonchev–Trinajstić information content (AvgIpc) is 2.18. The van der Waals surface area contributed by atoms with Gasteiger partial charge in [-0.2, -0.15) is 0 Å². The van der Waals surface area contributed by atoms with E-state index in [0.29, 0.717) is 6.42 Å². The van der Waals surface area contributed by atoms with Gasteiger partial charge >= 0.3 is 11.9 Å². The number of rotatable bonds is 6. The van der Waals surface area contributed by atoms with Crippen LogP contribution >= 0.6 is 0 Å². The molecule has 1 atom stereocenters. The van der Waals surface area contributed by atoms with Crippen LogP contribution in [0, 0.1) is 6.57 Å². The molecule has 0 fully saturated rings. The molecule has 0 heterocycles. The summed E-state index contributed by atoms with van der Waals surface area (Å²) in [7, 11) is 0. The Hall–Kier alpha value is -1.24. The monoisotopic (exact) mass is 213 g/mol. The lowest BCUT2D eigenvalue weighted by molar-refractivity contribution is -0.00588. The van der Waals surface area contributed by atoms with Crippen LogP contribution in [0.4, 0.5) is 4.79 Å². The van der Waals surface area contributed by atoms with Gasteiger partial charge in [-0.05, 0) is 13.3 Å². The first-order valence-corrected chi connectivity index (χ1v) is 5.32. The summed E-state index contributed by atoms with van der Waals surface area (Å²) in [5, 5.41) is 0. The second kappa shape index (κ2) is 7.10. The molecule has 0 N–H and O–H groups in total. The SMILES string of the molecule is [C-]#[N+]C(C)(CCCCC)OC(=O)OCC. The Kier molecular flexibility index (Phi) is 6.52. The molecule has 0 aliphatic carbocycles. The highest BCUT2D eigenvalue weighted by atomic mass is 16.7. The number of carbonyl (C=O) groups is 1. The molecule has 0 aromatic heterocycles. The van der Waals surface area contributed by atoms with Crippen molar-refractivity contribution in [1.29, 1.82) is 0 Å². The molecule has 1 unspecified atom stereocenters. The minimum atomic E-state index is -1.07. The van der Waals surface area contributed by atoms with Crippen molar-refractivity contribution in [3.63, 3.8) is 0 Å². The number of hydrogen-bond acceptors (Lipinski definition) is 3. The van der Waals surface area contributed by atoms with Gasteiger partial charge in [-0.1, -0.05) is 19.8 Å². The van der Waals surface area contributed by atoms with Crippen LogP contribution in [0.3, 0.4) is 0 Å². The molecule has 0 saturated heterocycles. The van der Waals surface area contributed by atoms with E-state index in [-0.39, 0.29) is 6.61 Å². The van der Waals surface area contributed by atoms with Gasteiger partial charge in [0.15, 0.2) is 0 Å². The third kappa shape index (κ3) is 5.95. The first-order valence-electron chi connectivity index (χ1n) is 5.32. The largest absolute Gasteiger partial charge is 0.514 e. The fourth-order valence-corrected chi connectivity index (χ4v) is 1.16. The van der Waals surface area contributed by atoms with E-state index in [1.165, 1.54) is 0 Å². The lowest BCUT2D eigenvalue weighted by Gasteiger charge is -2.16. The molecular weight excluding hydrogens is 194 g/mol. The molecule has 0 aromatic rings. The highest BCUT2D eigenvalue weighted by Gasteiger charge is 2.34. The zero-order valence-corrected chi connectivity index (χ0v) is 9.71. The Morgan fingerprint density at radius 3 is 2.53 bits per heavy atom. The predicted molar refractivity (Wildman–Crippen MR) is 57.3 cm³/mol. The lowest BCUT2D eigenvalue weighted by atomic mass is 10.1. The number of ether oxygens (including phenoxy) is 2. The summed E-state index contributed by atoms with van der Waals surface area (Å²) in [6.07, 6.45) is 2.80. The van der Waals surface area contributed by atoms with Crippen LogP contribution in [0.25, 0.3) is 4.85 Å². The molecule has 0 amide bonds. The first kappa shape index (κ1) is 13.8. The molecule has 4 nitrogen and oxygen atoms in total. The van der Waals surface area contributed by atoms with Crippen molar-refractivity contribution >= 4 is 6.16 Å². The number of nitrogens with zero attached hydrogens (tertiary/aromatic N) is 1. The molecule has 0 bridgehead atoms. The maximum atomic E-state index is 11.1. The lowest BCUT2D eigenvalue weighted by Crippen LogP contribution is -2.28. The van der Waals surface area contributed by atoms with Crippen molar-refractivity contribution in [3.05, 3.63) is 11.4 Å². The van der Waals surface area contributed by atoms with Gasteiger partial charge in [0.05, 0.1) is 20.0 Å². The van der Waals surface area contributed by atoms with E-state index >= 15 is 0 Å². The van der Waals surface area contributed by atoms with Gasteiger partial charge < -0.3 is 9.47 Å². The van der Waals surface area contributed by atoms with Gasteiger partial charge in [-0.15, -0.1) is 0 Å². The van der Waals surface area contributed by atoms with Crippen LogP contribution in [0.1, 0.15) is 46.5 Å². The smallest absolute Gasteiger partial charge is 0.434 e. The third-order valence-electron chi connectivity index (χ3n) is 2.05. The quantitative estimate of drug-likeness (QED) is 0.386. The van der Waals surface area contributed by atoms with E-state index in [4.69, 9.17) is 11.3 Å². The third-order valence-corrected chi connectivity index (χ3v) is 2.05. The summed E-state index contributed by atoms with van der Waals surface area (Å²) in [5.41, 5.74) is -1.07. The van der Waals surface area contributed by atoms with Crippen molar-refractivity contribution in [1.82, 2.24) is 0 Å². The fourth-order valence-electron chi connectivity index (χ4n) is 1.16. The maximum Gasteiger partial charge on any atom is 0.514 e. The van der Waals surface area contributed by atoms with Crippen molar-refractivity contribution < 1.29 is 14.3 Å². The molecule has 86 valence electrons. The van der Waals surface area contributed by atoms with Crippen LogP contribution in [0.15, 0.2) is 0 Å². The first-order chi connectivity index (χ1) is 7.08. The van der Waals surface area contributed by atoms with Gasteiger partial charge in [-0.25, -0.2) is 11.4 Å². The van der Waals surface area contributed by atoms with E-state index in [1.54, 1.807) is 13.8 Å². The molecule has 0 radical (unpaired) electrons. The van der Waals surface area contributed by atoms with Crippen molar-refractivity contribution in [2.45, 2.75) is 52.2 Å². The number of unbranched alkanes of at least 4 members (excludes halogenated alkanes) is 2. The molecule has 0 spiro atoms. The second-order valence-electron chi connectivity index (χ2n) is 3.53. The van der Waals surface area contributed by atoms with Crippen LogP contribution in [-0.4, -0.2) is 18.5 Å². The van der Waals surface area contributed by atoms with Gasteiger partial charge in [0, 0.05) is 0 Å². The van der Waals surface area contributed by atoms with E-state index in [9.17, 15) is 4.79 Å². The van der Waals surface area contributed by atoms with Gasteiger partial charge in [0.1, 0.15) is 0 Å². The van der Waals surface area contributed by atoms with Crippen LogP contribution in [0.2, 0.25) is 0 Å². The average molecular weight is 213 g/mol. The molecule has 0 rings (SSSR count). The zero-order chi connectivity index (χ0) is 11.7. The fraction of sp³-hybridized carbons (Fsp3) is 0.818. The Morgan fingerprint density at radius 2 is 2.07 bits per heavy atom. The number of carbonyl (C=O) groups excluding carboxylic acids is 1. The highest BCUT2D eigenvalue weighted by molar-refractivity contribution is 5.60. The summed E-state index contributed by atoms with van der Waals surface area (Å²) in [4.78, 5) is 14.4. The minimum Gasteiger partial charge on any atom is -0.434 e. The van der Waals surface area contributed by atoms with E-state index in [0.717, 1.165) is 19.3 Å². The highest BCUT2D eigenvalue weighted by Crippen LogP contribution is 2.21. The van der Waals surface area contributed by atoms with Crippen molar-refractivity contribution in [2.75, 3.05) is 6.61 Å². The summed E-state index contributed by atoms with van der Waals surface area (Å²) in [6.45, 7) is 12.7. The summed E-state index contributed by atoms with van der Waals surface area (Å²) >= 11 is 0. The maximum absolute atomic E-state index is 11.1. The van der Waals surface area contributed by atoms with E-state index in [2.05, 4.69) is 16.5 Å². The molecule has 0 aliphatic rings. The van der Waals surface area contributed by atoms with Crippen molar-refractivity contribution in [2.24, 2.45) is 0 Å². The normalized spacial score (nSPS) is 13.7. The summed E-state index contributed by atoms with van der Waals surface area (Å²) in [5.74, 6) is 0. The summed E-state index contributed by atoms with van der Waals surface area (Å²) in [6, 6.07) is 0. The topological polar surface area (TPSA) is 39.9 Å². The minimum absolute atomic E-state index is 0.266. The molecule has 0 aromatic carbocycles. The van der Waals surface area contributed by atoms with Crippen LogP contribution < -0.4 is 0 Å². The van der Waals surface area contributed by atoms with Gasteiger partial charge in [-0.3, -0.25) is 4.85 Å². The van der Waals surface area contributed by atoms with E-state index < -0.39 is 11.9 Å². The summed E-state index contributed by atoms with van der Waals surface area (Å²) < 4.78 is 9.60. The van der Waals surface area contributed by atoms with Crippen LogP contribution in [0.5, 0.6) is 0 Å². The van der Waals surface area contributed by atoms with Crippen molar-refractivity contribution in [3.8, 4) is 0 Å². The Bertz CT molecular complexity index is 234. The molecule has 4 heteroatoms. The Morgan fingerprint density at radius 1 is 1.40 bits per heavy atom. The zero-order valence-electron chi connectivity index (χ0n) is 9.71. The van der Waals surface area contributed by atoms with Gasteiger partial charge in [0.25, 0.3) is 0 Å². The van der Waals surface area contributed by atoms with E-state index in [1.807, 2.05) is 0 Å². The molecule has 0 saturated carbocycles. The standard InChI is InChI=1S/C11H19NO3/c1-5-7-8-9-11(3,12-4)15-10(13)14-6-2/h5-9H2,1-3H3. The Balaban J connectivity index is 4.07. The molecular formula is C11H19NO3. The predicted octanol–water partition coefficient (Wildman–Crippen LogP) is 3.38. The molecule has 0 aliphatic heterocycles. The Labute approximate surface area is 91.4 Å². The molecule has 15 heavy (non-hydrogen) atoms. The second-order valence-corrected chi connectivity index (χ2v) is 3.53. The van der Waals surface area contributed by atoms with Crippen LogP contribution in [-0.2, 0) is 9.47 Å². The number of hydrogen-bond donors (Lipinski definition) is 0.